The van der Waals surface area contributed by atoms with E-state index in [0.717, 1.165) is 19.4 Å². The zero-order valence-electron chi connectivity index (χ0n) is 11.8. The van der Waals surface area contributed by atoms with Gasteiger partial charge in [-0.05, 0) is 37.4 Å². The molecule has 1 aromatic heterocycles. The van der Waals surface area contributed by atoms with Crippen LogP contribution in [0.3, 0.4) is 0 Å². The molecule has 1 aromatic carbocycles. The second-order valence-corrected chi connectivity index (χ2v) is 5.97. The number of rotatable bonds is 3. The Morgan fingerprint density at radius 1 is 1.48 bits per heavy atom. The number of nitrogens with zero attached hydrogens (tertiary/aromatic N) is 2. The van der Waals surface area contributed by atoms with Gasteiger partial charge in [0.2, 0.25) is 5.89 Å². The highest BCUT2D eigenvalue weighted by molar-refractivity contribution is 6.31. The lowest BCUT2D eigenvalue weighted by atomic mass is 9.94. The molecule has 1 aliphatic heterocycles. The van der Waals surface area contributed by atoms with Crippen LogP contribution in [0.2, 0.25) is 5.02 Å². The van der Waals surface area contributed by atoms with Crippen molar-refractivity contribution in [2.24, 2.45) is 5.92 Å². The molecule has 0 amide bonds. The molecule has 21 heavy (non-hydrogen) atoms. The lowest BCUT2D eigenvalue weighted by Crippen LogP contribution is -2.30. The van der Waals surface area contributed by atoms with Crippen LogP contribution in [0.1, 0.15) is 43.1 Å². The summed E-state index contributed by atoms with van der Waals surface area (Å²) in [7, 11) is 0. The van der Waals surface area contributed by atoms with E-state index in [1.165, 1.54) is 6.07 Å². The van der Waals surface area contributed by atoms with Crippen molar-refractivity contribution < 1.29 is 8.91 Å². The molecule has 2 aromatic rings. The fourth-order valence-corrected chi connectivity index (χ4v) is 2.87. The first-order valence-electron chi connectivity index (χ1n) is 7.12. The van der Waals surface area contributed by atoms with E-state index < -0.39 is 0 Å². The SMILES string of the molecule is CC1CCNC(c2nc(Cc3c(F)cccc3Cl)no2)C1. The topological polar surface area (TPSA) is 51.0 Å². The van der Waals surface area contributed by atoms with Gasteiger partial charge in [0, 0.05) is 17.0 Å². The maximum Gasteiger partial charge on any atom is 0.243 e. The van der Waals surface area contributed by atoms with Crippen LogP contribution in [0.5, 0.6) is 0 Å². The molecule has 0 aliphatic carbocycles. The molecule has 1 saturated heterocycles. The lowest BCUT2D eigenvalue weighted by molar-refractivity contribution is 0.259. The maximum atomic E-state index is 13.8. The largest absolute Gasteiger partial charge is 0.338 e. The first kappa shape index (κ1) is 14.5. The summed E-state index contributed by atoms with van der Waals surface area (Å²) in [5.41, 5.74) is 0.400. The van der Waals surface area contributed by atoms with Gasteiger partial charge in [0.15, 0.2) is 5.82 Å². The second kappa shape index (κ2) is 6.12. The molecule has 2 atom stereocenters. The van der Waals surface area contributed by atoms with Crippen LogP contribution in [-0.4, -0.2) is 16.7 Å². The minimum Gasteiger partial charge on any atom is -0.338 e. The van der Waals surface area contributed by atoms with Crippen molar-refractivity contribution in [1.29, 1.82) is 0 Å². The Bertz CT molecular complexity index is 611. The minimum atomic E-state index is -0.349. The van der Waals surface area contributed by atoms with Crippen LogP contribution in [0.25, 0.3) is 0 Å². The van der Waals surface area contributed by atoms with E-state index in [9.17, 15) is 4.39 Å². The van der Waals surface area contributed by atoms with Gasteiger partial charge in [-0.15, -0.1) is 0 Å². The molecule has 1 fully saturated rings. The lowest BCUT2D eigenvalue weighted by Gasteiger charge is -2.25. The van der Waals surface area contributed by atoms with Crippen LogP contribution in [0.4, 0.5) is 4.39 Å². The predicted octanol–water partition coefficient (Wildman–Crippen LogP) is 3.51. The summed E-state index contributed by atoms with van der Waals surface area (Å²) in [5, 5.41) is 7.69. The molecule has 2 unspecified atom stereocenters. The number of hydrogen-bond donors (Lipinski definition) is 1. The molecular weight excluding hydrogens is 293 g/mol. The van der Waals surface area contributed by atoms with E-state index in [0.29, 0.717) is 28.2 Å². The third kappa shape index (κ3) is 3.24. The van der Waals surface area contributed by atoms with Crippen LogP contribution >= 0.6 is 11.6 Å². The van der Waals surface area contributed by atoms with Gasteiger partial charge in [-0.3, -0.25) is 0 Å². The Kier molecular flexibility index (Phi) is 4.22. The van der Waals surface area contributed by atoms with E-state index in [2.05, 4.69) is 22.4 Å². The van der Waals surface area contributed by atoms with Crippen LogP contribution in [0, 0.1) is 11.7 Å². The number of nitrogens with one attached hydrogen (secondary N) is 1. The van der Waals surface area contributed by atoms with Gasteiger partial charge in [-0.1, -0.05) is 29.7 Å². The highest BCUT2D eigenvalue weighted by Crippen LogP contribution is 2.27. The van der Waals surface area contributed by atoms with Crippen LogP contribution < -0.4 is 5.32 Å². The standard InChI is InChI=1S/C15H17ClFN3O/c1-9-5-6-18-13(7-9)15-19-14(20-21-15)8-10-11(16)3-2-4-12(10)17/h2-4,9,13,18H,5-8H2,1H3. The van der Waals surface area contributed by atoms with Gasteiger partial charge in [0.25, 0.3) is 0 Å². The highest BCUT2D eigenvalue weighted by Gasteiger charge is 2.25. The van der Waals surface area contributed by atoms with Gasteiger partial charge in [-0.2, -0.15) is 4.98 Å². The third-order valence-corrected chi connectivity index (χ3v) is 4.20. The Morgan fingerprint density at radius 2 is 2.33 bits per heavy atom. The predicted molar refractivity (Wildman–Crippen MR) is 77.7 cm³/mol. The molecule has 2 heterocycles. The first-order chi connectivity index (χ1) is 10.1. The first-order valence-corrected chi connectivity index (χ1v) is 7.50. The number of piperidine rings is 1. The van der Waals surface area contributed by atoms with E-state index in [4.69, 9.17) is 16.1 Å². The fourth-order valence-electron chi connectivity index (χ4n) is 2.64. The zero-order valence-corrected chi connectivity index (χ0v) is 12.5. The van der Waals surface area contributed by atoms with Gasteiger partial charge >= 0.3 is 0 Å². The fraction of sp³-hybridized carbons (Fsp3) is 0.467. The normalized spacial score (nSPS) is 22.4. The number of hydrogen-bond acceptors (Lipinski definition) is 4. The molecule has 0 bridgehead atoms. The second-order valence-electron chi connectivity index (χ2n) is 5.56. The van der Waals surface area contributed by atoms with Crippen molar-refractivity contribution in [1.82, 2.24) is 15.5 Å². The quantitative estimate of drug-likeness (QED) is 0.942. The van der Waals surface area contributed by atoms with Crippen molar-refractivity contribution in [2.75, 3.05) is 6.54 Å². The van der Waals surface area contributed by atoms with Crippen molar-refractivity contribution in [3.63, 3.8) is 0 Å². The Balaban J connectivity index is 1.76. The van der Waals surface area contributed by atoms with Gasteiger partial charge in [-0.25, -0.2) is 4.39 Å². The molecule has 0 saturated carbocycles. The summed E-state index contributed by atoms with van der Waals surface area (Å²) < 4.78 is 19.1. The van der Waals surface area contributed by atoms with E-state index in [1.54, 1.807) is 12.1 Å². The summed E-state index contributed by atoms with van der Waals surface area (Å²) in [6.45, 7) is 3.16. The number of halogens is 2. The maximum absolute atomic E-state index is 13.8. The van der Waals surface area contributed by atoms with Crippen molar-refractivity contribution >= 4 is 11.6 Å². The van der Waals surface area contributed by atoms with Gasteiger partial charge in [0.1, 0.15) is 5.82 Å². The van der Waals surface area contributed by atoms with E-state index in [-0.39, 0.29) is 18.3 Å². The summed E-state index contributed by atoms with van der Waals surface area (Å²) in [6.07, 6.45) is 2.36. The Morgan fingerprint density at radius 3 is 3.10 bits per heavy atom. The van der Waals surface area contributed by atoms with Crippen molar-refractivity contribution in [2.45, 2.75) is 32.2 Å². The Hall–Kier alpha value is -1.46. The average molecular weight is 310 g/mol. The van der Waals surface area contributed by atoms with E-state index >= 15 is 0 Å². The summed E-state index contributed by atoms with van der Waals surface area (Å²) >= 11 is 6.02. The molecule has 6 heteroatoms. The molecule has 1 aliphatic rings. The molecular formula is C15H17ClFN3O. The highest BCUT2D eigenvalue weighted by atomic mass is 35.5. The molecule has 4 nitrogen and oxygen atoms in total. The monoisotopic (exact) mass is 309 g/mol. The van der Waals surface area contributed by atoms with Crippen molar-refractivity contribution in [3.05, 3.63) is 46.3 Å². The number of benzene rings is 1. The summed E-state index contributed by atoms with van der Waals surface area (Å²) in [5.74, 6) is 1.31. The molecule has 3 rings (SSSR count). The van der Waals surface area contributed by atoms with Gasteiger partial charge < -0.3 is 9.84 Å². The molecule has 1 N–H and O–H groups in total. The van der Waals surface area contributed by atoms with Gasteiger partial charge in [0.05, 0.1) is 6.04 Å². The van der Waals surface area contributed by atoms with Crippen molar-refractivity contribution in [3.8, 4) is 0 Å². The Labute approximate surface area is 127 Å². The molecule has 112 valence electrons. The third-order valence-electron chi connectivity index (χ3n) is 3.84. The number of aromatic nitrogens is 2. The summed E-state index contributed by atoms with van der Waals surface area (Å²) in [6, 6.07) is 4.71. The van der Waals surface area contributed by atoms with E-state index in [1.807, 2.05) is 0 Å². The smallest absolute Gasteiger partial charge is 0.243 e. The molecule has 0 spiro atoms. The minimum absolute atomic E-state index is 0.0890. The van der Waals surface area contributed by atoms with Crippen LogP contribution in [-0.2, 0) is 6.42 Å². The summed E-state index contributed by atoms with van der Waals surface area (Å²) in [4.78, 5) is 4.38. The van der Waals surface area contributed by atoms with Crippen LogP contribution in [0.15, 0.2) is 22.7 Å². The zero-order chi connectivity index (χ0) is 14.8. The molecule has 0 radical (unpaired) electrons. The average Bonchev–Trinajstić information content (AvgIpc) is 2.92.